The van der Waals surface area contributed by atoms with Crippen molar-refractivity contribution in [1.29, 1.82) is 0 Å². The molecule has 0 saturated carbocycles. The Morgan fingerprint density at radius 1 is 1.24 bits per heavy atom. The Morgan fingerprint density at radius 3 is 2.76 bits per heavy atom. The second kappa shape index (κ2) is 7.33. The van der Waals surface area contributed by atoms with Crippen LogP contribution >= 0.6 is 23.2 Å². The number of halogens is 2. The maximum Gasteiger partial charge on any atom is 0.229 e. The molecule has 1 fully saturated rings. The average molecular weight is 379 g/mol. The van der Waals surface area contributed by atoms with Gasteiger partial charge in [0.1, 0.15) is 5.75 Å². The fourth-order valence-corrected chi connectivity index (χ4v) is 3.19. The molecule has 130 valence electrons. The van der Waals surface area contributed by atoms with Gasteiger partial charge in [-0.1, -0.05) is 29.3 Å². The lowest BCUT2D eigenvalue weighted by atomic mass is 10.1. The van der Waals surface area contributed by atoms with Gasteiger partial charge in [-0.05, 0) is 30.3 Å². The first-order valence-electron chi connectivity index (χ1n) is 7.68. The Bertz CT molecular complexity index is 826. The van der Waals surface area contributed by atoms with Crippen LogP contribution in [0.2, 0.25) is 10.0 Å². The van der Waals surface area contributed by atoms with E-state index >= 15 is 0 Å². The van der Waals surface area contributed by atoms with Crippen molar-refractivity contribution in [3.05, 3.63) is 52.5 Å². The van der Waals surface area contributed by atoms with Gasteiger partial charge in [0.15, 0.2) is 0 Å². The van der Waals surface area contributed by atoms with E-state index in [1.54, 1.807) is 42.3 Å². The van der Waals surface area contributed by atoms with Crippen molar-refractivity contribution in [3.63, 3.8) is 0 Å². The summed E-state index contributed by atoms with van der Waals surface area (Å²) in [6, 6.07) is 12.0. The van der Waals surface area contributed by atoms with Crippen molar-refractivity contribution in [2.45, 2.75) is 6.42 Å². The average Bonchev–Trinajstić information content (AvgIpc) is 2.99. The Balaban J connectivity index is 1.72. The first-order valence-corrected chi connectivity index (χ1v) is 8.44. The molecule has 7 heteroatoms. The van der Waals surface area contributed by atoms with Crippen molar-refractivity contribution in [2.24, 2.45) is 5.92 Å². The van der Waals surface area contributed by atoms with Crippen LogP contribution in [0.1, 0.15) is 6.42 Å². The number of anilines is 2. The van der Waals surface area contributed by atoms with Crippen LogP contribution in [0.5, 0.6) is 5.75 Å². The minimum Gasteiger partial charge on any atom is -0.497 e. The molecule has 2 aromatic rings. The van der Waals surface area contributed by atoms with Crippen molar-refractivity contribution < 1.29 is 14.3 Å². The van der Waals surface area contributed by atoms with Gasteiger partial charge < -0.3 is 15.0 Å². The molecular formula is C18H16Cl2N2O3. The highest BCUT2D eigenvalue weighted by atomic mass is 35.5. The first-order chi connectivity index (χ1) is 12.0. The van der Waals surface area contributed by atoms with Gasteiger partial charge in [0.2, 0.25) is 11.8 Å². The molecule has 2 aromatic carbocycles. The maximum absolute atomic E-state index is 12.5. The normalized spacial score (nSPS) is 16.8. The molecule has 1 N–H and O–H groups in total. The zero-order valence-electron chi connectivity index (χ0n) is 13.5. The number of benzene rings is 2. The van der Waals surface area contributed by atoms with E-state index in [1.165, 1.54) is 0 Å². The third-order valence-electron chi connectivity index (χ3n) is 4.05. The number of carbonyl (C=O) groups is 2. The van der Waals surface area contributed by atoms with Crippen LogP contribution in [0.25, 0.3) is 0 Å². The molecule has 1 saturated heterocycles. The molecule has 0 aromatic heterocycles. The van der Waals surface area contributed by atoms with Crippen molar-refractivity contribution >= 4 is 46.4 Å². The van der Waals surface area contributed by atoms with Crippen LogP contribution in [0.4, 0.5) is 11.4 Å². The highest BCUT2D eigenvalue weighted by Gasteiger charge is 2.35. The highest BCUT2D eigenvalue weighted by molar-refractivity contribution is 6.36. The molecule has 5 nitrogen and oxygen atoms in total. The van der Waals surface area contributed by atoms with Crippen LogP contribution in [0.15, 0.2) is 42.5 Å². The van der Waals surface area contributed by atoms with E-state index in [0.29, 0.717) is 33.7 Å². The summed E-state index contributed by atoms with van der Waals surface area (Å²) in [5.41, 5.74) is 1.19. The summed E-state index contributed by atoms with van der Waals surface area (Å²) in [6.07, 6.45) is 0.147. The molecular weight excluding hydrogens is 363 g/mol. The predicted octanol–water partition coefficient (Wildman–Crippen LogP) is 3.99. The number of hydrogen-bond acceptors (Lipinski definition) is 3. The molecule has 1 aliphatic heterocycles. The Morgan fingerprint density at radius 2 is 2.04 bits per heavy atom. The zero-order valence-corrected chi connectivity index (χ0v) is 15.0. The van der Waals surface area contributed by atoms with Gasteiger partial charge in [-0.2, -0.15) is 0 Å². The number of nitrogens with one attached hydrogen (secondary N) is 1. The van der Waals surface area contributed by atoms with E-state index in [9.17, 15) is 9.59 Å². The Kier molecular flexibility index (Phi) is 5.16. The Labute approximate surface area is 155 Å². The van der Waals surface area contributed by atoms with Crippen molar-refractivity contribution in [3.8, 4) is 5.75 Å². The summed E-state index contributed by atoms with van der Waals surface area (Å²) in [6.45, 7) is 0.309. The van der Waals surface area contributed by atoms with Crippen LogP contribution in [-0.2, 0) is 9.59 Å². The van der Waals surface area contributed by atoms with E-state index in [-0.39, 0.29) is 18.2 Å². The molecule has 25 heavy (non-hydrogen) atoms. The van der Waals surface area contributed by atoms with Crippen LogP contribution in [0, 0.1) is 5.92 Å². The van der Waals surface area contributed by atoms with Crippen LogP contribution < -0.4 is 15.0 Å². The molecule has 1 unspecified atom stereocenters. The van der Waals surface area contributed by atoms with Gasteiger partial charge >= 0.3 is 0 Å². The van der Waals surface area contributed by atoms with Gasteiger partial charge in [-0.3, -0.25) is 9.59 Å². The summed E-state index contributed by atoms with van der Waals surface area (Å²) >= 11 is 11.9. The molecule has 1 aliphatic rings. The molecule has 1 heterocycles. The number of carbonyl (C=O) groups excluding carboxylic acids is 2. The third-order valence-corrected chi connectivity index (χ3v) is 4.60. The molecule has 1 atom stereocenters. The van der Waals surface area contributed by atoms with Gasteiger partial charge in [0.05, 0.1) is 23.7 Å². The Hall–Kier alpha value is -2.24. The largest absolute Gasteiger partial charge is 0.497 e. The summed E-state index contributed by atoms with van der Waals surface area (Å²) in [4.78, 5) is 26.4. The molecule has 2 amide bonds. The molecule has 3 rings (SSSR count). The van der Waals surface area contributed by atoms with E-state index in [1.807, 2.05) is 12.1 Å². The zero-order chi connectivity index (χ0) is 18.0. The van der Waals surface area contributed by atoms with Gasteiger partial charge in [0, 0.05) is 29.7 Å². The monoisotopic (exact) mass is 378 g/mol. The lowest BCUT2D eigenvalue weighted by Crippen LogP contribution is -2.28. The molecule has 0 spiro atoms. The number of ether oxygens (including phenoxy) is 1. The van der Waals surface area contributed by atoms with Crippen LogP contribution in [0.3, 0.4) is 0 Å². The highest BCUT2D eigenvalue weighted by Crippen LogP contribution is 2.30. The topological polar surface area (TPSA) is 58.6 Å². The van der Waals surface area contributed by atoms with Gasteiger partial charge in [0.25, 0.3) is 0 Å². The molecule has 0 aliphatic carbocycles. The van der Waals surface area contributed by atoms with E-state index in [4.69, 9.17) is 27.9 Å². The number of rotatable bonds is 4. The minimum atomic E-state index is -0.453. The van der Waals surface area contributed by atoms with Crippen LogP contribution in [-0.4, -0.2) is 25.5 Å². The minimum absolute atomic E-state index is 0.101. The van der Waals surface area contributed by atoms with E-state index < -0.39 is 5.92 Å². The second-order valence-corrected chi connectivity index (χ2v) is 6.56. The summed E-state index contributed by atoms with van der Waals surface area (Å²) in [7, 11) is 1.57. The smallest absolute Gasteiger partial charge is 0.229 e. The summed E-state index contributed by atoms with van der Waals surface area (Å²) in [5.74, 6) is -0.143. The van der Waals surface area contributed by atoms with Gasteiger partial charge in [-0.15, -0.1) is 0 Å². The van der Waals surface area contributed by atoms with Crippen molar-refractivity contribution in [2.75, 3.05) is 23.9 Å². The predicted molar refractivity (Wildman–Crippen MR) is 98.5 cm³/mol. The number of nitrogens with zero attached hydrogens (tertiary/aromatic N) is 1. The molecule has 0 radical (unpaired) electrons. The third kappa shape index (κ3) is 3.89. The first kappa shape index (κ1) is 17.6. The van der Waals surface area contributed by atoms with E-state index in [0.717, 1.165) is 0 Å². The number of methoxy groups -OCH3 is 1. The van der Waals surface area contributed by atoms with Crippen molar-refractivity contribution in [1.82, 2.24) is 0 Å². The summed E-state index contributed by atoms with van der Waals surface area (Å²) in [5, 5.41) is 3.61. The number of hydrogen-bond donors (Lipinski definition) is 1. The maximum atomic E-state index is 12.5. The fraction of sp³-hybridized carbons (Fsp3) is 0.222. The number of amides is 2. The summed E-state index contributed by atoms with van der Waals surface area (Å²) < 4.78 is 5.18. The second-order valence-electron chi connectivity index (χ2n) is 5.72. The van der Waals surface area contributed by atoms with E-state index in [2.05, 4.69) is 5.32 Å². The quantitative estimate of drug-likeness (QED) is 0.874. The lowest BCUT2D eigenvalue weighted by Gasteiger charge is -2.17. The van der Waals surface area contributed by atoms with Gasteiger partial charge in [-0.25, -0.2) is 0 Å². The SMILES string of the molecule is COc1cccc(N2CC(C(=O)Nc3ccc(Cl)cc3Cl)CC2=O)c1. The standard InChI is InChI=1S/C18H16Cl2N2O3/c1-25-14-4-2-3-13(9-14)22-10-11(7-17(22)23)18(24)21-16-6-5-12(19)8-15(16)20/h2-6,8-9,11H,7,10H2,1H3,(H,21,24). The fourth-order valence-electron chi connectivity index (χ4n) is 2.74. The molecule has 0 bridgehead atoms. The lowest BCUT2D eigenvalue weighted by molar-refractivity contribution is -0.122.